The second-order valence-corrected chi connectivity index (χ2v) is 5.89. The van der Waals surface area contributed by atoms with Crippen LogP contribution in [0.25, 0.3) is 0 Å². The van der Waals surface area contributed by atoms with Gasteiger partial charge in [-0.15, -0.1) is 0 Å². The summed E-state index contributed by atoms with van der Waals surface area (Å²) in [5.74, 6) is 1.59. The zero-order chi connectivity index (χ0) is 15.4. The van der Waals surface area contributed by atoms with Crippen LogP contribution in [-0.2, 0) is 0 Å². The fourth-order valence-corrected chi connectivity index (χ4v) is 3.40. The Hall–Kier alpha value is -1.87. The maximum Gasteiger partial charge on any atom is 0.123 e. The van der Waals surface area contributed by atoms with E-state index in [4.69, 9.17) is 4.74 Å². The lowest BCUT2D eigenvalue weighted by Crippen LogP contribution is -2.31. The van der Waals surface area contributed by atoms with Crippen molar-refractivity contribution in [3.05, 3.63) is 65.5 Å². The minimum atomic E-state index is -0.178. The van der Waals surface area contributed by atoms with Gasteiger partial charge >= 0.3 is 0 Å². The normalized spacial score (nSPS) is 17.2. The van der Waals surface area contributed by atoms with Crippen LogP contribution < -0.4 is 10.1 Å². The highest BCUT2D eigenvalue weighted by atomic mass is 19.1. The maximum absolute atomic E-state index is 13.3. The Labute approximate surface area is 131 Å². The van der Waals surface area contributed by atoms with Gasteiger partial charge < -0.3 is 10.1 Å². The lowest BCUT2D eigenvalue weighted by molar-refractivity contribution is 0.342. The third-order valence-electron chi connectivity index (χ3n) is 4.56. The third-order valence-corrected chi connectivity index (χ3v) is 4.56. The highest BCUT2D eigenvalue weighted by Gasteiger charge is 2.26. The number of benzene rings is 2. The number of methoxy groups -OCH3 is 1. The molecule has 2 nitrogen and oxygen atoms in total. The number of ether oxygens (including phenoxy) is 1. The quantitative estimate of drug-likeness (QED) is 0.922. The van der Waals surface area contributed by atoms with E-state index in [-0.39, 0.29) is 5.82 Å². The molecule has 0 aliphatic carbocycles. The van der Waals surface area contributed by atoms with Gasteiger partial charge in [-0.2, -0.15) is 0 Å². The molecule has 116 valence electrons. The Morgan fingerprint density at radius 3 is 2.05 bits per heavy atom. The van der Waals surface area contributed by atoms with Crippen molar-refractivity contribution in [2.24, 2.45) is 5.92 Å². The molecule has 2 aromatic carbocycles. The van der Waals surface area contributed by atoms with Crippen molar-refractivity contribution in [1.82, 2.24) is 5.32 Å². The first-order chi connectivity index (χ1) is 10.8. The summed E-state index contributed by atoms with van der Waals surface area (Å²) in [6.45, 7) is 2.11. The molecule has 1 saturated heterocycles. The smallest absolute Gasteiger partial charge is 0.123 e. The fraction of sp³-hybridized carbons (Fsp3) is 0.368. The number of nitrogens with one attached hydrogen (secondary N) is 1. The fourth-order valence-electron chi connectivity index (χ4n) is 3.40. The van der Waals surface area contributed by atoms with Crippen LogP contribution in [0.2, 0.25) is 0 Å². The molecule has 0 bridgehead atoms. The number of piperidine rings is 1. The summed E-state index contributed by atoms with van der Waals surface area (Å²) < 4.78 is 18.5. The van der Waals surface area contributed by atoms with Gasteiger partial charge in [0.15, 0.2) is 0 Å². The molecule has 0 amide bonds. The molecule has 3 heteroatoms. The van der Waals surface area contributed by atoms with Gasteiger partial charge in [-0.3, -0.25) is 0 Å². The van der Waals surface area contributed by atoms with E-state index in [0.29, 0.717) is 11.8 Å². The van der Waals surface area contributed by atoms with Gasteiger partial charge in [0, 0.05) is 5.92 Å². The lowest BCUT2D eigenvalue weighted by atomic mass is 9.76. The van der Waals surface area contributed by atoms with Gasteiger partial charge in [-0.1, -0.05) is 24.3 Å². The average Bonchev–Trinajstić information content (AvgIpc) is 2.58. The van der Waals surface area contributed by atoms with Crippen LogP contribution in [0.4, 0.5) is 4.39 Å². The van der Waals surface area contributed by atoms with Crippen molar-refractivity contribution >= 4 is 0 Å². The number of rotatable bonds is 4. The molecule has 0 spiro atoms. The Morgan fingerprint density at radius 1 is 0.955 bits per heavy atom. The summed E-state index contributed by atoms with van der Waals surface area (Å²) in [7, 11) is 1.68. The molecule has 22 heavy (non-hydrogen) atoms. The molecule has 1 aliphatic rings. The largest absolute Gasteiger partial charge is 0.497 e. The molecule has 0 unspecified atom stereocenters. The highest BCUT2D eigenvalue weighted by molar-refractivity contribution is 5.37. The summed E-state index contributed by atoms with van der Waals surface area (Å²) >= 11 is 0. The van der Waals surface area contributed by atoms with Crippen molar-refractivity contribution in [2.75, 3.05) is 20.2 Å². The number of hydrogen-bond donors (Lipinski definition) is 1. The van der Waals surface area contributed by atoms with Crippen molar-refractivity contribution in [2.45, 2.75) is 18.8 Å². The first kappa shape index (κ1) is 15.0. The second kappa shape index (κ2) is 6.93. The molecule has 0 radical (unpaired) electrons. The SMILES string of the molecule is COc1ccc([C@H](c2ccc(F)cc2)C2CCNCC2)cc1. The molecule has 0 saturated carbocycles. The van der Waals surface area contributed by atoms with Gasteiger partial charge in [0.05, 0.1) is 7.11 Å². The zero-order valence-corrected chi connectivity index (χ0v) is 12.9. The Kier molecular flexibility index (Phi) is 4.74. The van der Waals surface area contributed by atoms with E-state index in [1.165, 1.54) is 11.1 Å². The van der Waals surface area contributed by atoms with Crippen molar-refractivity contribution in [3.8, 4) is 5.75 Å². The van der Waals surface area contributed by atoms with E-state index in [2.05, 4.69) is 17.4 Å². The topological polar surface area (TPSA) is 21.3 Å². The number of halogens is 1. The van der Waals surface area contributed by atoms with Gasteiger partial charge in [-0.05, 0) is 67.2 Å². The van der Waals surface area contributed by atoms with E-state index in [0.717, 1.165) is 31.7 Å². The minimum Gasteiger partial charge on any atom is -0.497 e. The first-order valence-corrected chi connectivity index (χ1v) is 7.88. The molecule has 1 atom stereocenters. The molecular weight excluding hydrogens is 277 g/mol. The molecule has 0 aromatic heterocycles. The molecule has 2 aromatic rings. The molecule has 1 aliphatic heterocycles. The van der Waals surface area contributed by atoms with Gasteiger partial charge in [0.2, 0.25) is 0 Å². The van der Waals surface area contributed by atoms with Crippen LogP contribution in [0.1, 0.15) is 29.9 Å². The predicted octanol–water partition coefficient (Wildman–Crippen LogP) is 3.97. The minimum absolute atomic E-state index is 0.178. The molecular formula is C19H22FNO. The first-order valence-electron chi connectivity index (χ1n) is 7.88. The summed E-state index contributed by atoms with van der Waals surface area (Å²) in [5, 5.41) is 3.42. The van der Waals surface area contributed by atoms with Crippen molar-refractivity contribution < 1.29 is 9.13 Å². The standard InChI is InChI=1S/C19H22FNO/c1-22-18-8-4-15(5-9-18)19(16-10-12-21-13-11-16)14-2-6-17(20)7-3-14/h2-9,16,19,21H,10-13H2,1H3/t19-/m0/s1. The van der Waals surface area contributed by atoms with E-state index < -0.39 is 0 Å². The predicted molar refractivity (Wildman–Crippen MR) is 86.8 cm³/mol. The summed E-state index contributed by atoms with van der Waals surface area (Å²) in [6, 6.07) is 15.3. The van der Waals surface area contributed by atoms with Crippen LogP contribution >= 0.6 is 0 Å². The zero-order valence-electron chi connectivity index (χ0n) is 12.9. The molecule has 1 fully saturated rings. The molecule has 1 heterocycles. The van der Waals surface area contributed by atoms with Crippen LogP contribution in [-0.4, -0.2) is 20.2 Å². The van der Waals surface area contributed by atoms with E-state index in [1.807, 2.05) is 24.3 Å². The molecule has 1 N–H and O–H groups in total. The Morgan fingerprint density at radius 2 is 1.50 bits per heavy atom. The van der Waals surface area contributed by atoms with Crippen LogP contribution in [0, 0.1) is 11.7 Å². The summed E-state index contributed by atoms with van der Waals surface area (Å²) in [5.41, 5.74) is 2.47. The van der Waals surface area contributed by atoms with Crippen LogP contribution in [0.3, 0.4) is 0 Å². The van der Waals surface area contributed by atoms with Gasteiger partial charge in [-0.25, -0.2) is 4.39 Å². The number of hydrogen-bond acceptors (Lipinski definition) is 2. The second-order valence-electron chi connectivity index (χ2n) is 5.89. The monoisotopic (exact) mass is 299 g/mol. The van der Waals surface area contributed by atoms with Crippen LogP contribution in [0.5, 0.6) is 5.75 Å². The Bertz CT molecular complexity index is 588. The van der Waals surface area contributed by atoms with Gasteiger partial charge in [0.25, 0.3) is 0 Å². The maximum atomic E-state index is 13.3. The third kappa shape index (κ3) is 3.30. The van der Waals surface area contributed by atoms with Crippen molar-refractivity contribution in [1.29, 1.82) is 0 Å². The van der Waals surface area contributed by atoms with Crippen molar-refractivity contribution in [3.63, 3.8) is 0 Å². The average molecular weight is 299 g/mol. The van der Waals surface area contributed by atoms with E-state index in [1.54, 1.807) is 19.2 Å². The summed E-state index contributed by atoms with van der Waals surface area (Å²) in [6.07, 6.45) is 2.29. The van der Waals surface area contributed by atoms with Crippen LogP contribution in [0.15, 0.2) is 48.5 Å². The van der Waals surface area contributed by atoms with E-state index >= 15 is 0 Å². The van der Waals surface area contributed by atoms with E-state index in [9.17, 15) is 4.39 Å². The summed E-state index contributed by atoms with van der Waals surface area (Å²) in [4.78, 5) is 0. The van der Waals surface area contributed by atoms with Gasteiger partial charge in [0.1, 0.15) is 11.6 Å². The highest BCUT2D eigenvalue weighted by Crippen LogP contribution is 2.37. The Balaban J connectivity index is 1.95. The molecule has 3 rings (SSSR count). The lowest BCUT2D eigenvalue weighted by Gasteiger charge is -2.31.